The summed E-state index contributed by atoms with van der Waals surface area (Å²) in [5, 5.41) is 4.16. The van der Waals surface area contributed by atoms with Gasteiger partial charge in [-0.2, -0.15) is 0 Å². The molecule has 1 aliphatic rings. The van der Waals surface area contributed by atoms with Crippen LogP contribution in [0, 0.1) is 13.8 Å². The summed E-state index contributed by atoms with van der Waals surface area (Å²) >= 11 is 0. The first-order valence-corrected chi connectivity index (χ1v) is 7.22. The molecule has 1 aromatic rings. The number of nitrogens with zero attached hydrogens (tertiary/aromatic N) is 1. The first-order valence-electron chi connectivity index (χ1n) is 7.22. The smallest absolute Gasteiger partial charge is 0.136 e. The highest BCUT2D eigenvalue weighted by atomic mass is 16.5. The zero-order valence-electron chi connectivity index (χ0n) is 12.5. The molecule has 100 valence electrons. The minimum Gasteiger partial charge on any atom is -0.361 e. The molecule has 1 aromatic heterocycles. The lowest BCUT2D eigenvalue weighted by Crippen LogP contribution is -2.06. The number of rotatable bonds is 1. The first kappa shape index (κ1) is 16.2. The van der Waals surface area contributed by atoms with Crippen molar-refractivity contribution in [1.82, 2.24) is 5.16 Å². The monoisotopic (exact) mass is 239 g/mol. The highest BCUT2D eigenvalue weighted by Crippen LogP contribution is 2.34. The van der Waals surface area contributed by atoms with Gasteiger partial charge in [-0.05, 0) is 26.7 Å². The number of aromatic nitrogens is 1. The summed E-state index contributed by atoms with van der Waals surface area (Å²) in [6.07, 6.45) is 6.71. The normalized spacial score (nSPS) is 15.4. The van der Waals surface area contributed by atoms with Gasteiger partial charge in [0.15, 0.2) is 0 Å². The second-order valence-electron chi connectivity index (χ2n) is 4.08. The molecule has 1 heterocycles. The zero-order chi connectivity index (χ0) is 13.3. The lowest BCUT2D eigenvalue weighted by Gasteiger charge is -2.19. The summed E-state index contributed by atoms with van der Waals surface area (Å²) in [6.45, 7) is 12.1. The molecule has 0 N–H and O–H groups in total. The van der Waals surface area contributed by atoms with E-state index in [1.807, 2.05) is 34.6 Å². The molecule has 0 radical (unpaired) electrons. The van der Waals surface area contributed by atoms with E-state index in [2.05, 4.69) is 12.1 Å². The molecular weight excluding hydrogens is 210 g/mol. The van der Waals surface area contributed by atoms with Gasteiger partial charge < -0.3 is 4.52 Å². The minimum atomic E-state index is 0.672. The molecule has 2 heteroatoms. The first-order chi connectivity index (χ1) is 8.29. The molecule has 0 atom stereocenters. The van der Waals surface area contributed by atoms with Crippen LogP contribution in [0.2, 0.25) is 0 Å². The second-order valence-corrected chi connectivity index (χ2v) is 4.08. The van der Waals surface area contributed by atoms with Crippen LogP contribution in [-0.4, -0.2) is 5.16 Å². The average molecular weight is 239 g/mol. The largest absolute Gasteiger partial charge is 0.361 e. The molecule has 0 spiro atoms. The Hall–Kier alpha value is -0.790. The van der Waals surface area contributed by atoms with Gasteiger partial charge >= 0.3 is 0 Å². The van der Waals surface area contributed by atoms with Gasteiger partial charge in [-0.15, -0.1) is 0 Å². The van der Waals surface area contributed by atoms with Crippen molar-refractivity contribution in [3.63, 3.8) is 0 Å². The Morgan fingerprint density at radius 2 is 1.47 bits per heavy atom. The fourth-order valence-electron chi connectivity index (χ4n) is 2.19. The van der Waals surface area contributed by atoms with E-state index in [4.69, 9.17) is 4.52 Å². The Labute approximate surface area is 107 Å². The van der Waals surface area contributed by atoms with Crippen molar-refractivity contribution in [3.05, 3.63) is 17.0 Å². The van der Waals surface area contributed by atoms with E-state index in [1.54, 1.807) is 0 Å². The molecule has 2 nitrogen and oxygen atoms in total. The molecule has 0 aliphatic heterocycles. The quantitative estimate of drug-likeness (QED) is 0.656. The number of aryl methyl sites for hydroxylation is 1. The predicted octanol–water partition coefficient (Wildman–Crippen LogP) is 5.39. The van der Waals surface area contributed by atoms with Crippen molar-refractivity contribution in [2.45, 2.75) is 79.6 Å². The van der Waals surface area contributed by atoms with Crippen LogP contribution in [-0.2, 0) is 0 Å². The van der Waals surface area contributed by atoms with Gasteiger partial charge in [0.1, 0.15) is 5.76 Å². The maximum Gasteiger partial charge on any atom is 0.136 e. The lowest BCUT2D eigenvalue weighted by atomic mass is 9.85. The highest BCUT2D eigenvalue weighted by Gasteiger charge is 2.21. The molecule has 0 aromatic carbocycles. The van der Waals surface area contributed by atoms with E-state index in [1.165, 1.54) is 43.4 Å². The van der Waals surface area contributed by atoms with Crippen molar-refractivity contribution in [3.8, 4) is 0 Å². The third-order valence-corrected chi connectivity index (χ3v) is 3.19. The van der Waals surface area contributed by atoms with Crippen LogP contribution in [0.4, 0.5) is 0 Å². The van der Waals surface area contributed by atoms with Crippen molar-refractivity contribution in [1.29, 1.82) is 0 Å². The highest BCUT2D eigenvalue weighted by molar-refractivity contribution is 5.23. The molecule has 0 bridgehead atoms. The van der Waals surface area contributed by atoms with Gasteiger partial charge in [0.05, 0.1) is 5.69 Å². The summed E-state index contributed by atoms with van der Waals surface area (Å²) in [7, 11) is 0. The summed E-state index contributed by atoms with van der Waals surface area (Å²) in [5.41, 5.74) is 2.49. The predicted molar refractivity (Wildman–Crippen MR) is 74.5 cm³/mol. The summed E-state index contributed by atoms with van der Waals surface area (Å²) in [4.78, 5) is 0. The van der Waals surface area contributed by atoms with Crippen molar-refractivity contribution in [2.75, 3.05) is 0 Å². The molecule has 1 saturated carbocycles. The Morgan fingerprint density at radius 1 is 0.941 bits per heavy atom. The Morgan fingerprint density at radius 3 is 1.88 bits per heavy atom. The molecule has 2 rings (SSSR count). The maximum absolute atomic E-state index is 5.20. The van der Waals surface area contributed by atoms with Crippen molar-refractivity contribution >= 4 is 0 Å². The maximum atomic E-state index is 5.20. The Bertz CT molecular complexity index is 285. The third-order valence-electron chi connectivity index (χ3n) is 3.19. The zero-order valence-corrected chi connectivity index (χ0v) is 12.5. The van der Waals surface area contributed by atoms with E-state index in [9.17, 15) is 0 Å². The van der Waals surface area contributed by atoms with Crippen LogP contribution in [0.15, 0.2) is 4.52 Å². The van der Waals surface area contributed by atoms with Gasteiger partial charge in [-0.3, -0.25) is 0 Å². The van der Waals surface area contributed by atoms with Gasteiger partial charge in [-0.25, -0.2) is 0 Å². The van der Waals surface area contributed by atoms with Crippen LogP contribution in [0.5, 0.6) is 0 Å². The van der Waals surface area contributed by atoms with Crippen LogP contribution in [0.1, 0.15) is 82.7 Å². The topological polar surface area (TPSA) is 26.0 Å². The molecule has 1 fully saturated rings. The summed E-state index contributed by atoms with van der Waals surface area (Å²) < 4.78 is 5.20. The Balaban J connectivity index is 0.000000581. The fourth-order valence-corrected chi connectivity index (χ4v) is 2.19. The number of hydrogen-bond acceptors (Lipinski definition) is 2. The van der Waals surface area contributed by atoms with Crippen LogP contribution in [0.25, 0.3) is 0 Å². The van der Waals surface area contributed by atoms with E-state index < -0.39 is 0 Å². The lowest BCUT2D eigenvalue weighted by molar-refractivity contribution is 0.367. The summed E-state index contributed by atoms with van der Waals surface area (Å²) in [6, 6.07) is 0. The molecule has 0 unspecified atom stereocenters. The fraction of sp³-hybridized carbons (Fsp3) is 0.800. The van der Waals surface area contributed by atoms with Gasteiger partial charge in [-0.1, -0.05) is 52.1 Å². The van der Waals surface area contributed by atoms with Gasteiger partial charge in [0.2, 0.25) is 0 Å². The molecule has 1 aliphatic carbocycles. The van der Waals surface area contributed by atoms with Gasteiger partial charge in [0.25, 0.3) is 0 Å². The third kappa shape index (κ3) is 4.53. The van der Waals surface area contributed by atoms with E-state index in [-0.39, 0.29) is 0 Å². The molecular formula is C15H29NO. The Kier molecular flexibility index (Phi) is 8.83. The standard InChI is InChI=1S/C11H17NO.2C2H6/c1-8-9(2)13-12-11(8)10-6-4-3-5-7-10;2*1-2/h10H,3-7H2,1-2H3;2*1-2H3. The molecule has 0 saturated heterocycles. The van der Waals surface area contributed by atoms with E-state index in [0.717, 1.165) is 5.76 Å². The summed E-state index contributed by atoms with van der Waals surface area (Å²) in [5.74, 6) is 1.66. The minimum absolute atomic E-state index is 0.672. The van der Waals surface area contributed by atoms with Crippen LogP contribution >= 0.6 is 0 Å². The van der Waals surface area contributed by atoms with Crippen molar-refractivity contribution < 1.29 is 4.52 Å². The van der Waals surface area contributed by atoms with Crippen LogP contribution in [0.3, 0.4) is 0 Å². The van der Waals surface area contributed by atoms with E-state index in [0.29, 0.717) is 5.92 Å². The average Bonchev–Trinajstić information content (AvgIpc) is 2.76. The molecule has 17 heavy (non-hydrogen) atoms. The van der Waals surface area contributed by atoms with Gasteiger partial charge in [0, 0.05) is 11.5 Å². The number of hydrogen-bond donors (Lipinski definition) is 0. The SMILES string of the molecule is CC.CC.Cc1onc(C2CCCCC2)c1C. The molecule has 0 amide bonds. The van der Waals surface area contributed by atoms with Crippen LogP contribution < -0.4 is 0 Å². The van der Waals surface area contributed by atoms with E-state index >= 15 is 0 Å². The van der Waals surface area contributed by atoms with Crippen molar-refractivity contribution in [2.24, 2.45) is 0 Å². The second kappa shape index (κ2) is 9.26.